The van der Waals surface area contributed by atoms with Gasteiger partial charge in [0.2, 0.25) is 5.91 Å². The van der Waals surface area contributed by atoms with Crippen LogP contribution in [0.4, 0.5) is 0 Å². The first-order valence-electron chi connectivity index (χ1n) is 6.37. The Morgan fingerprint density at radius 2 is 2.05 bits per heavy atom. The number of rotatable bonds is 4. The highest BCUT2D eigenvalue weighted by molar-refractivity contribution is 5.90. The van der Waals surface area contributed by atoms with E-state index >= 15 is 0 Å². The monoisotopic (exact) mass is 282 g/mol. The number of carbonyl (C=O) groups excluding carboxylic acids is 2. The zero-order valence-corrected chi connectivity index (χ0v) is 12.6. The summed E-state index contributed by atoms with van der Waals surface area (Å²) in [7, 11) is 1.30. The van der Waals surface area contributed by atoms with Gasteiger partial charge in [-0.05, 0) is 18.4 Å². The second-order valence-corrected chi connectivity index (χ2v) is 5.74. The molecule has 0 spiro atoms. The molecular formula is C14H22N2O4. The molecule has 0 saturated heterocycles. The summed E-state index contributed by atoms with van der Waals surface area (Å²) in [5, 5.41) is 2.69. The highest BCUT2D eigenvalue weighted by Gasteiger charge is 2.27. The number of amides is 1. The lowest BCUT2D eigenvalue weighted by Gasteiger charge is -2.25. The smallest absolute Gasteiger partial charge is 0.341 e. The summed E-state index contributed by atoms with van der Waals surface area (Å²) < 4.78 is 10.0. The van der Waals surface area contributed by atoms with Gasteiger partial charge in [0.15, 0.2) is 0 Å². The Morgan fingerprint density at radius 1 is 1.45 bits per heavy atom. The van der Waals surface area contributed by atoms with E-state index < -0.39 is 12.0 Å². The highest BCUT2D eigenvalue weighted by Crippen LogP contribution is 2.18. The van der Waals surface area contributed by atoms with E-state index in [1.54, 1.807) is 13.0 Å². The fourth-order valence-corrected chi connectivity index (χ4v) is 1.62. The number of hydrogen-bond acceptors (Lipinski definition) is 5. The van der Waals surface area contributed by atoms with Crippen LogP contribution in [0.5, 0.6) is 0 Å². The van der Waals surface area contributed by atoms with Crippen molar-refractivity contribution in [3.05, 3.63) is 23.2 Å². The molecule has 3 N–H and O–H groups in total. The number of aryl methyl sites for hydroxylation is 1. The molecule has 0 aliphatic heterocycles. The zero-order chi connectivity index (χ0) is 15.5. The number of nitrogens with two attached hydrogens (primary N) is 1. The number of carbonyl (C=O) groups is 2. The van der Waals surface area contributed by atoms with Gasteiger partial charge in [-0.2, -0.15) is 0 Å². The molecule has 1 heterocycles. The summed E-state index contributed by atoms with van der Waals surface area (Å²) in [4.78, 5) is 23.3. The predicted molar refractivity (Wildman–Crippen MR) is 74.1 cm³/mol. The average molecular weight is 282 g/mol. The molecule has 0 unspecified atom stereocenters. The van der Waals surface area contributed by atoms with Crippen LogP contribution in [0.2, 0.25) is 0 Å². The highest BCUT2D eigenvalue weighted by atomic mass is 16.5. The summed E-state index contributed by atoms with van der Waals surface area (Å²) in [6.07, 6.45) is 0. The Kier molecular flexibility index (Phi) is 4.94. The second-order valence-electron chi connectivity index (χ2n) is 5.74. The molecule has 0 bridgehead atoms. The maximum Gasteiger partial charge on any atom is 0.341 e. The van der Waals surface area contributed by atoms with E-state index in [0.717, 1.165) is 0 Å². The topological polar surface area (TPSA) is 94.6 Å². The Morgan fingerprint density at radius 3 is 2.55 bits per heavy atom. The van der Waals surface area contributed by atoms with E-state index in [1.165, 1.54) is 7.11 Å². The Bertz CT molecular complexity index is 500. The molecule has 112 valence electrons. The van der Waals surface area contributed by atoms with Gasteiger partial charge in [0, 0.05) is 0 Å². The van der Waals surface area contributed by atoms with E-state index in [1.807, 2.05) is 20.8 Å². The molecule has 1 rings (SSSR count). The third-order valence-electron chi connectivity index (χ3n) is 3.03. The molecule has 1 amide bonds. The summed E-state index contributed by atoms with van der Waals surface area (Å²) >= 11 is 0. The Labute approximate surface area is 118 Å². The molecular weight excluding hydrogens is 260 g/mol. The van der Waals surface area contributed by atoms with E-state index in [4.69, 9.17) is 10.2 Å². The average Bonchev–Trinajstić information content (AvgIpc) is 2.74. The molecule has 1 aromatic rings. The third kappa shape index (κ3) is 3.84. The first kappa shape index (κ1) is 16.2. The number of nitrogens with one attached hydrogen (secondary N) is 1. The Balaban J connectivity index is 2.67. The maximum absolute atomic E-state index is 11.9. The molecule has 0 fully saturated rings. The molecule has 0 aliphatic carbocycles. The fraction of sp³-hybridized carbons (Fsp3) is 0.571. The van der Waals surface area contributed by atoms with Gasteiger partial charge < -0.3 is 20.2 Å². The maximum atomic E-state index is 11.9. The van der Waals surface area contributed by atoms with Crippen LogP contribution in [0.15, 0.2) is 10.5 Å². The lowest BCUT2D eigenvalue weighted by atomic mass is 9.87. The molecule has 1 atom stereocenters. The number of methoxy groups -OCH3 is 1. The Hall–Kier alpha value is -1.82. The van der Waals surface area contributed by atoms with Crippen molar-refractivity contribution in [2.75, 3.05) is 7.11 Å². The molecule has 6 nitrogen and oxygen atoms in total. The van der Waals surface area contributed by atoms with Gasteiger partial charge in [0.25, 0.3) is 0 Å². The fourth-order valence-electron chi connectivity index (χ4n) is 1.62. The third-order valence-corrected chi connectivity index (χ3v) is 3.03. The van der Waals surface area contributed by atoms with Crippen molar-refractivity contribution in [3.63, 3.8) is 0 Å². The summed E-state index contributed by atoms with van der Waals surface area (Å²) in [6, 6.07) is 0.947. The molecule has 6 heteroatoms. The first-order chi connectivity index (χ1) is 9.16. The van der Waals surface area contributed by atoms with Gasteiger partial charge in [-0.1, -0.05) is 20.8 Å². The molecule has 0 saturated carbocycles. The van der Waals surface area contributed by atoms with Crippen molar-refractivity contribution >= 4 is 11.9 Å². The number of ether oxygens (including phenoxy) is 1. The van der Waals surface area contributed by atoms with Gasteiger partial charge >= 0.3 is 5.97 Å². The van der Waals surface area contributed by atoms with E-state index in [2.05, 4.69) is 10.1 Å². The SMILES string of the molecule is COC(=O)c1cc(CNC(=O)[C@@H](N)C(C)(C)C)oc1C. The summed E-state index contributed by atoms with van der Waals surface area (Å²) in [6.45, 7) is 7.52. The number of esters is 1. The van der Waals surface area contributed by atoms with Crippen molar-refractivity contribution in [3.8, 4) is 0 Å². The van der Waals surface area contributed by atoms with Gasteiger partial charge in [0.05, 0.1) is 19.7 Å². The number of furan rings is 1. The minimum atomic E-state index is -0.612. The van der Waals surface area contributed by atoms with Crippen LogP contribution in [0, 0.1) is 12.3 Å². The van der Waals surface area contributed by atoms with Crippen molar-refractivity contribution < 1.29 is 18.7 Å². The van der Waals surface area contributed by atoms with Crippen molar-refractivity contribution in [2.24, 2.45) is 11.1 Å². The van der Waals surface area contributed by atoms with Crippen molar-refractivity contribution in [2.45, 2.75) is 40.3 Å². The summed E-state index contributed by atoms with van der Waals surface area (Å²) in [5.41, 5.74) is 5.89. The van der Waals surface area contributed by atoms with Crippen molar-refractivity contribution in [1.82, 2.24) is 5.32 Å². The molecule has 0 radical (unpaired) electrons. The normalized spacial score (nSPS) is 12.9. The van der Waals surface area contributed by atoms with Crippen LogP contribution in [0.1, 0.15) is 42.6 Å². The molecule has 0 aliphatic rings. The van der Waals surface area contributed by atoms with Gasteiger partial charge in [-0.25, -0.2) is 4.79 Å². The van der Waals surface area contributed by atoms with Gasteiger partial charge in [-0.15, -0.1) is 0 Å². The minimum Gasteiger partial charge on any atom is -0.465 e. The van der Waals surface area contributed by atoms with Crippen LogP contribution in [0.25, 0.3) is 0 Å². The van der Waals surface area contributed by atoms with Crippen LogP contribution in [-0.4, -0.2) is 25.0 Å². The molecule has 0 aromatic carbocycles. The first-order valence-corrected chi connectivity index (χ1v) is 6.37. The van der Waals surface area contributed by atoms with Gasteiger partial charge in [0.1, 0.15) is 17.1 Å². The summed E-state index contributed by atoms with van der Waals surface area (Å²) in [5.74, 6) is 0.222. The van der Waals surface area contributed by atoms with E-state index in [-0.39, 0.29) is 17.9 Å². The van der Waals surface area contributed by atoms with Crippen LogP contribution in [-0.2, 0) is 16.1 Å². The lowest BCUT2D eigenvalue weighted by molar-refractivity contribution is -0.124. The minimum absolute atomic E-state index is 0.181. The number of hydrogen-bond donors (Lipinski definition) is 2. The second kappa shape index (κ2) is 6.09. The predicted octanol–water partition coefficient (Wildman–Crippen LogP) is 1.36. The standard InChI is InChI=1S/C14H22N2O4/c1-8-10(13(18)19-5)6-9(20-8)7-16-12(17)11(15)14(2,3)4/h6,11H,7,15H2,1-5H3,(H,16,17)/t11-/m1/s1. The zero-order valence-electron chi connectivity index (χ0n) is 12.6. The van der Waals surface area contributed by atoms with Gasteiger partial charge in [-0.3, -0.25) is 4.79 Å². The molecule has 1 aromatic heterocycles. The van der Waals surface area contributed by atoms with E-state index in [0.29, 0.717) is 17.1 Å². The van der Waals surface area contributed by atoms with Crippen LogP contribution in [0.3, 0.4) is 0 Å². The molecule has 20 heavy (non-hydrogen) atoms. The van der Waals surface area contributed by atoms with E-state index in [9.17, 15) is 9.59 Å². The van der Waals surface area contributed by atoms with Crippen LogP contribution < -0.4 is 11.1 Å². The van der Waals surface area contributed by atoms with Crippen molar-refractivity contribution in [1.29, 1.82) is 0 Å². The lowest BCUT2D eigenvalue weighted by Crippen LogP contribution is -2.48. The quantitative estimate of drug-likeness (QED) is 0.813. The van der Waals surface area contributed by atoms with Crippen LogP contribution >= 0.6 is 0 Å². The largest absolute Gasteiger partial charge is 0.465 e.